The van der Waals surface area contributed by atoms with Crippen molar-refractivity contribution in [1.82, 2.24) is 19.8 Å². The first-order valence-electron chi connectivity index (χ1n) is 10.6. The molecule has 2 fully saturated rings. The van der Waals surface area contributed by atoms with Gasteiger partial charge in [-0.3, -0.25) is 9.69 Å². The molecule has 168 valence electrons. The summed E-state index contributed by atoms with van der Waals surface area (Å²) < 4.78 is 29.0. The summed E-state index contributed by atoms with van der Waals surface area (Å²) in [5.74, 6) is 1.97. The third kappa shape index (κ3) is 4.53. The molecule has 0 bridgehead atoms. The Labute approximate surface area is 190 Å². The number of hydrogen-bond acceptors (Lipinski definition) is 8. The molecule has 1 atom stereocenters. The van der Waals surface area contributed by atoms with Crippen molar-refractivity contribution >= 4 is 38.4 Å². The number of sulfone groups is 1. The van der Waals surface area contributed by atoms with Gasteiger partial charge < -0.3 is 9.32 Å². The fraction of sp³-hybridized carbons (Fsp3) is 0.409. The third-order valence-corrected chi connectivity index (χ3v) is 8.76. The maximum absolute atomic E-state index is 12.9. The molecule has 0 saturated carbocycles. The van der Waals surface area contributed by atoms with Gasteiger partial charge in [0.25, 0.3) is 0 Å². The lowest BCUT2D eigenvalue weighted by Crippen LogP contribution is -2.52. The molecule has 3 aromatic rings. The molecule has 2 aliphatic heterocycles. The summed E-state index contributed by atoms with van der Waals surface area (Å²) in [7, 11) is -2.90. The first-order chi connectivity index (χ1) is 15.5. The van der Waals surface area contributed by atoms with E-state index in [4.69, 9.17) is 4.42 Å². The van der Waals surface area contributed by atoms with Crippen LogP contribution in [0.25, 0.3) is 22.5 Å². The largest absolute Gasteiger partial charge is 0.461 e. The summed E-state index contributed by atoms with van der Waals surface area (Å²) in [5, 5.41) is 1.66. The first kappa shape index (κ1) is 21.4. The number of para-hydroxylation sites is 1. The van der Waals surface area contributed by atoms with E-state index in [2.05, 4.69) is 14.9 Å². The van der Waals surface area contributed by atoms with Crippen molar-refractivity contribution in [1.29, 1.82) is 0 Å². The fourth-order valence-electron chi connectivity index (χ4n) is 4.29. The third-order valence-electron chi connectivity index (χ3n) is 6.03. The van der Waals surface area contributed by atoms with E-state index < -0.39 is 9.84 Å². The molecule has 10 heteroatoms. The van der Waals surface area contributed by atoms with Crippen molar-refractivity contribution in [3.05, 3.63) is 42.7 Å². The molecule has 1 amide bonds. The molecule has 0 radical (unpaired) electrons. The number of carbonyl (C=O) groups excluding carboxylic acids is 1. The van der Waals surface area contributed by atoms with Crippen LogP contribution in [0.4, 0.5) is 0 Å². The van der Waals surface area contributed by atoms with E-state index in [1.54, 1.807) is 12.3 Å². The van der Waals surface area contributed by atoms with Crippen LogP contribution < -0.4 is 0 Å². The van der Waals surface area contributed by atoms with E-state index in [9.17, 15) is 13.2 Å². The molecule has 4 heterocycles. The lowest BCUT2D eigenvalue weighted by molar-refractivity contribution is -0.130. The number of fused-ring (bicyclic) bond motifs is 1. The second-order valence-corrected chi connectivity index (χ2v) is 11.3. The summed E-state index contributed by atoms with van der Waals surface area (Å²) in [4.78, 5) is 26.2. The molecular formula is C22H24N4O4S2. The highest BCUT2D eigenvalue weighted by atomic mass is 32.2. The fourth-order valence-corrected chi connectivity index (χ4v) is 6.98. The summed E-state index contributed by atoms with van der Waals surface area (Å²) in [6, 6.07) is 11.5. The predicted octanol–water partition coefficient (Wildman–Crippen LogP) is 2.31. The predicted molar refractivity (Wildman–Crippen MR) is 123 cm³/mol. The number of furan rings is 1. The van der Waals surface area contributed by atoms with Crippen molar-refractivity contribution < 1.29 is 17.6 Å². The molecule has 0 spiro atoms. The van der Waals surface area contributed by atoms with Gasteiger partial charge in [0.05, 0.1) is 29.0 Å². The number of hydrogen-bond donors (Lipinski definition) is 0. The van der Waals surface area contributed by atoms with Crippen molar-refractivity contribution in [3.63, 3.8) is 0 Å². The molecular weight excluding hydrogens is 448 g/mol. The molecule has 0 N–H and O–H groups in total. The lowest BCUT2D eigenvalue weighted by Gasteiger charge is -2.37. The van der Waals surface area contributed by atoms with Crippen LogP contribution in [-0.2, 0) is 14.6 Å². The van der Waals surface area contributed by atoms with Gasteiger partial charge in [-0.25, -0.2) is 18.4 Å². The molecule has 2 aromatic heterocycles. The van der Waals surface area contributed by atoms with Gasteiger partial charge >= 0.3 is 0 Å². The van der Waals surface area contributed by atoms with E-state index in [0.717, 1.165) is 29.0 Å². The van der Waals surface area contributed by atoms with E-state index in [-0.39, 0.29) is 29.2 Å². The van der Waals surface area contributed by atoms with E-state index in [1.165, 1.54) is 11.8 Å². The van der Waals surface area contributed by atoms with Gasteiger partial charge in [-0.1, -0.05) is 30.0 Å². The Hall–Kier alpha value is -2.43. The maximum atomic E-state index is 12.9. The number of carbonyl (C=O) groups is 1. The number of rotatable bonds is 5. The van der Waals surface area contributed by atoms with E-state index >= 15 is 0 Å². The zero-order chi connectivity index (χ0) is 22.1. The highest BCUT2D eigenvalue weighted by molar-refractivity contribution is 8.00. The van der Waals surface area contributed by atoms with Crippen LogP contribution in [0.15, 0.2) is 52.1 Å². The van der Waals surface area contributed by atoms with E-state index in [1.807, 2.05) is 35.2 Å². The normalized spacial score (nSPS) is 21.2. The Kier molecular flexibility index (Phi) is 5.92. The van der Waals surface area contributed by atoms with Crippen molar-refractivity contribution in [2.45, 2.75) is 17.5 Å². The molecule has 2 aliphatic rings. The highest BCUT2D eigenvalue weighted by Crippen LogP contribution is 2.29. The number of piperazine rings is 1. The van der Waals surface area contributed by atoms with Gasteiger partial charge in [-0.05, 0) is 24.6 Å². The Morgan fingerprint density at radius 1 is 1.09 bits per heavy atom. The summed E-state index contributed by atoms with van der Waals surface area (Å²) in [5.41, 5.74) is 0.809. The minimum atomic E-state index is -2.90. The lowest BCUT2D eigenvalue weighted by atomic mass is 10.2. The molecule has 1 aromatic carbocycles. The van der Waals surface area contributed by atoms with Gasteiger partial charge in [0.2, 0.25) is 5.91 Å². The molecule has 0 aliphatic carbocycles. The summed E-state index contributed by atoms with van der Waals surface area (Å²) in [6.07, 6.45) is 2.29. The number of thioether (sulfide) groups is 1. The Morgan fingerprint density at radius 3 is 2.62 bits per heavy atom. The van der Waals surface area contributed by atoms with Crippen LogP contribution in [0.3, 0.4) is 0 Å². The standard InChI is InChI=1S/C22H24N4O4S2/c27-20(26-10-8-25(9-11-26)16-7-13-32(28,29)15-16)14-31-22-17-4-1-2-5-18(17)23-21(24-22)19-6-3-12-30-19/h1-6,12,16H,7-11,13-15H2. The SMILES string of the molecule is O=C(CSc1nc(-c2ccco2)nc2ccccc12)N1CCN(C2CCS(=O)(=O)C2)CC1. The van der Waals surface area contributed by atoms with Crippen LogP contribution >= 0.6 is 11.8 Å². The number of nitrogens with zero attached hydrogens (tertiary/aromatic N) is 4. The second-order valence-electron chi connectivity index (χ2n) is 8.11. The molecule has 8 nitrogen and oxygen atoms in total. The highest BCUT2D eigenvalue weighted by Gasteiger charge is 2.34. The zero-order valence-corrected chi connectivity index (χ0v) is 19.1. The van der Waals surface area contributed by atoms with Crippen molar-refractivity contribution in [2.75, 3.05) is 43.4 Å². The second kappa shape index (κ2) is 8.84. The average Bonchev–Trinajstić information content (AvgIpc) is 3.47. The molecule has 2 saturated heterocycles. The number of aromatic nitrogens is 2. The average molecular weight is 473 g/mol. The number of amides is 1. The monoisotopic (exact) mass is 472 g/mol. The van der Waals surface area contributed by atoms with Crippen molar-refractivity contribution in [3.8, 4) is 11.6 Å². The maximum Gasteiger partial charge on any atom is 0.233 e. The quantitative estimate of drug-likeness (QED) is 0.412. The van der Waals surface area contributed by atoms with Gasteiger partial charge in [0.15, 0.2) is 21.4 Å². The van der Waals surface area contributed by atoms with Crippen LogP contribution in [0.2, 0.25) is 0 Å². The van der Waals surface area contributed by atoms with Gasteiger partial charge in [0, 0.05) is 37.6 Å². The molecule has 5 rings (SSSR count). The Morgan fingerprint density at radius 2 is 1.91 bits per heavy atom. The smallest absolute Gasteiger partial charge is 0.233 e. The number of benzene rings is 1. The summed E-state index contributed by atoms with van der Waals surface area (Å²) >= 11 is 1.41. The van der Waals surface area contributed by atoms with Crippen LogP contribution in [0, 0.1) is 0 Å². The van der Waals surface area contributed by atoms with Gasteiger partial charge in [-0.15, -0.1) is 0 Å². The zero-order valence-electron chi connectivity index (χ0n) is 17.5. The minimum Gasteiger partial charge on any atom is -0.461 e. The Bertz CT molecular complexity index is 1220. The van der Waals surface area contributed by atoms with Crippen molar-refractivity contribution in [2.24, 2.45) is 0 Å². The summed E-state index contributed by atoms with van der Waals surface area (Å²) in [6.45, 7) is 2.68. The van der Waals surface area contributed by atoms with Crippen LogP contribution in [0.1, 0.15) is 6.42 Å². The Balaban J connectivity index is 1.24. The van der Waals surface area contributed by atoms with Gasteiger partial charge in [0.1, 0.15) is 5.03 Å². The first-order valence-corrected chi connectivity index (χ1v) is 13.4. The van der Waals surface area contributed by atoms with Crippen LogP contribution in [0.5, 0.6) is 0 Å². The van der Waals surface area contributed by atoms with Crippen LogP contribution in [-0.4, -0.2) is 83.6 Å². The van der Waals surface area contributed by atoms with Gasteiger partial charge in [-0.2, -0.15) is 0 Å². The molecule has 32 heavy (non-hydrogen) atoms. The molecule has 1 unspecified atom stereocenters. The van der Waals surface area contributed by atoms with E-state index in [0.29, 0.717) is 31.1 Å². The minimum absolute atomic E-state index is 0.0657. The topological polar surface area (TPSA) is 96.6 Å².